The lowest BCUT2D eigenvalue weighted by atomic mass is 10.1. The van der Waals surface area contributed by atoms with Crippen LogP contribution in [0.1, 0.15) is 30.0 Å². The van der Waals surface area contributed by atoms with Gasteiger partial charge in [0.05, 0.1) is 24.0 Å². The summed E-state index contributed by atoms with van der Waals surface area (Å²) in [6.07, 6.45) is -1.19. The zero-order valence-corrected chi connectivity index (χ0v) is 19.6. The van der Waals surface area contributed by atoms with Crippen molar-refractivity contribution in [2.75, 3.05) is 21.7 Å². The Bertz CT molecular complexity index is 1380. The summed E-state index contributed by atoms with van der Waals surface area (Å²) in [5.74, 6) is 1.42. The summed E-state index contributed by atoms with van der Waals surface area (Å²) in [5, 5.41) is 13.4. The molecule has 0 radical (unpaired) electrons. The SMILES string of the molecule is CCc1cc(N2C(=O)N(c3cncc(C(F)(F)F)c3)C[C@@H]2O)ccc1Oc1ccnc2c1CCC(=O)N2. The number of aliphatic hydroxyl groups excluding tert-OH is 1. The topological polar surface area (TPSA) is 108 Å². The summed E-state index contributed by atoms with van der Waals surface area (Å²) >= 11 is 0. The third kappa shape index (κ3) is 4.67. The fourth-order valence-corrected chi connectivity index (χ4v) is 4.37. The number of alkyl halides is 3. The Labute approximate surface area is 209 Å². The van der Waals surface area contributed by atoms with E-state index in [1.165, 1.54) is 6.20 Å². The second-order valence-corrected chi connectivity index (χ2v) is 8.61. The molecule has 0 aliphatic carbocycles. The van der Waals surface area contributed by atoms with Gasteiger partial charge in [0.25, 0.3) is 0 Å². The second kappa shape index (κ2) is 9.36. The summed E-state index contributed by atoms with van der Waals surface area (Å²) in [7, 11) is 0. The van der Waals surface area contributed by atoms with Crippen LogP contribution in [0.4, 0.5) is 35.2 Å². The normalized spacial score (nSPS) is 17.6. The standard InChI is InChI=1S/C25H22F3N5O4/c1-2-14-9-16(3-5-19(14)37-20-7-8-30-23-18(20)4-6-21(34)31-23)33-22(35)13-32(24(33)36)17-10-15(11-29-12-17)25(26,27)28/h3,5,7-12,22,35H,2,4,6,13H2,1H3,(H,30,31,34)/t22-/m0/s1. The largest absolute Gasteiger partial charge is 0.457 e. The Morgan fingerprint density at radius 2 is 1.92 bits per heavy atom. The molecule has 3 amide bonds. The van der Waals surface area contributed by atoms with Crippen molar-refractivity contribution < 1.29 is 32.6 Å². The van der Waals surface area contributed by atoms with E-state index in [9.17, 15) is 27.9 Å². The number of aliphatic hydroxyl groups is 1. The van der Waals surface area contributed by atoms with Crippen LogP contribution in [0.5, 0.6) is 11.5 Å². The number of hydrogen-bond donors (Lipinski definition) is 2. The van der Waals surface area contributed by atoms with Crippen LogP contribution < -0.4 is 19.9 Å². The molecule has 12 heteroatoms. The Hall–Kier alpha value is -4.19. The Morgan fingerprint density at radius 3 is 2.68 bits per heavy atom. The molecule has 1 atom stereocenters. The van der Waals surface area contributed by atoms with Crippen LogP contribution in [0.25, 0.3) is 0 Å². The van der Waals surface area contributed by atoms with Gasteiger partial charge in [0.1, 0.15) is 17.3 Å². The number of carbonyl (C=O) groups excluding carboxylic acids is 2. The Balaban J connectivity index is 1.41. The molecule has 192 valence electrons. The van der Waals surface area contributed by atoms with Gasteiger partial charge in [0.15, 0.2) is 6.23 Å². The van der Waals surface area contributed by atoms with Crippen molar-refractivity contribution in [1.29, 1.82) is 0 Å². The van der Waals surface area contributed by atoms with Gasteiger partial charge >= 0.3 is 12.2 Å². The maximum Gasteiger partial charge on any atom is 0.417 e. The molecule has 2 aliphatic rings. The first kappa shape index (κ1) is 24.5. The predicted octanol–water partition coefficient (Wildman–Crippen LogP) is 4.50. The lowest BCUT2D eigenvalue weighted by Gasteiger charge is -2.23. The van der Waals surface area contributed by atoms with Gasteiger partial charge < -0.3 is 15.2 Å². The van der Waals surface area contributed by atoms with Crippen molar-refractivity contribution in [3.05, 3.63) is 65.6 Å². The van der Waals surface area contributed by atoms with E-state index >= 15 is 0 Å². The molecule has 0 spiro atoms. The van der Waals surface area contributed by atoms with Crippen molar-refractivity contribution in [3.8, 4) is 11.5 Å². The number of amides is 3. The van der Waals surface area contributed by atoms with Crippen LogP contribution >= 0.6 is 0 Å². The van der Waals surface area contributed by atoms with Gasteiger partial charge in [-0.05, 0) is 48.7 Å². The first-order chi connectivity index (χ1) is 17.7. The molecule has 3 aromatic rings. The number of aromatic nitrogens is 2. The number of urea groups is 1. The zero-order valence-electron chi connectivity index (χ0n) is 19.6. The minimum atomic E-state index is -4.62. The summed E-state index contributed by atoms with van der Waals surface area (Å²) in [6.45, 7) is 1.67. The molecule has 2 aliphatic heterocycles. The van der Waals surface area contributed by atoms with E-state index in [-0.39, 0.29) is 18.1 Å². The molecular formula is C25H22F3N5O4. The van der Waals surface area contributed by atoms with E-state index in [0.29, 0.717) is 48.5 Å². The summed E-state index contributed by atoms with van der Waals surface area (Å²) in [6, 6.07) is 6.81. The Morgan fingerprint density at radius 1 is 1.11 bits per heavy atom. The van der Waals surface area contributed by atoms with Crippen LogP contribution in [-0.4, -0.2) is 39.8 Å². The van der Waals surface area contributed by atoms with E-state index in [0.717, 1.165) is 33.2 Å². The maximum absolute atomic E-state index is 13.2. The molecule has 5 rings (SSSR count). The van der Waals surface area contributed by atoms with Crippen molar-refractivity contribution in [2.45, 2.75) is 38.6 Å². The number of rotatable bonds is 5. The summed E-state index contributed by atoms with van der Waals surface area (Å²) in [4.78, 5) is 34.8. The average Bonchev–Trinajstić information content (AvgIpc) is 3.17. The number of benzene rings is 1. The summed E-state index contributed by atoms with van der Waals surface area (Å²) in [5.41, 5.74) is 0.837. The fraction of sp³-hybridized carbons (Fsp3) is 0.280. The van der Waals surface area contributed by atoms with Crippen molar-refractivity contribution in [1.82, 2.24) is 9.97 Å². The molecule has 4 heterocycles. The number of aryl methyl sites for hydroxylation is 1. The molecule has 1 saturated heterocycles. The number of halogens is 3. The molecule has 2 aromatic heterocycles. The van der Waals surface area contributed by atoms with Crippen LogP contribution in [-0.2, 0) is 23.8 Å². The van der Waals surface area contributed by atoms with Gasteiger partial charge in [0.2, 0.25) is 5.91 Å². The van der Waals surface area contributed by atoms with E-state index in [4.69, 9.17) is 4.74 Å². The highest BCUT2D eigenvalue weighted by Crippen LogP contribution is 2.37. The monoisotopic (exact) mass is 513 g/mol. The first-order valence-electron chi connectivity index (χ1n) is 11.5. The maximum atomic E-state index is 13.2. The quantitative estimate of drug-likeness (QED) is 0.520. The molecule has 37 heavy (non-hydrogen) atoms. The van der Waals surface area contributed by atoms with Gasteiger partial charge in [-0.1, -0.05) is 6.92 Å². The van der Waals surface area contributed by atoms with Gasteiger partial charge in [-0.2, -0.15) is 13.2 Å². The highest BCUT2D eigenvalue weighted by atomic mass is 19.4. The Kier molecular flexibility index (Phi) is 6.20. The van der Waals surface area contributed by atoms with Crippen molar-refractivity contribution in [2.24, 2.45) is 0 Å². The van der Waals surface area contributed by atoms with Gasteiger partial charge in [-0.3, -0.25) is 19.6 Å². The number of nitrogens with zero attached hydrogens (tertiary/aromatic N) is 4. The molecule has 0 bridgehead atoms. The number of anilines is 3. The number of fused-ring (bicyclic) bond motifs is 1. The lowest BCUT2D eigenvalue weighted by molar-refractivity contribution is -0.137. The van der Waals surface area contributed by atoms with E-state index in [1.807, 2.05) is 6.92 Å². The second-order valence-electron chi connectivity index (χ2n) is 8.61. The molecular weight excluding hydrogens is 491 g/mol. The number of hydrogen-bond acceptors (Lipinski definition) is 6. The predicted molar refractivity (Wildman–Crippen MR) is 128 cm³/mol. The lowest BCUT2D eigenvalue weighted by Crippen LogP contribution is -2.35. The number of nitrogens with one attached hydrogen (secondary N) is 1. The van der Waals surface area contributed by atoms with Gasteiger partial charge in [-0.25, -0.2) is 9.78 Å². The number of pyridine rings is 2. The van der Waals surface area contributed by atoms with E-state index < -0.39 is 24.0 Å². The average molecular weight is 513 g/mol. The smallest absolute Gasteiger partial charge is 0.417 e. The number of carbonyl (C=O) groups is 2. The van der Waals surface area contributed by atoms with Gasteiger partial charge in [-0.15, -0.1) is 0 Å². The molecule has 0 saturated carbocycles. The number of ether oxygens (including phenoxy) is 1. The third-order valence-corrected chi connectivity index (χ3v) is 6.24. The third-order valence-electron chi connectivity index (χ3n) is 6.24. The van der Waals surface area contributed by atoms with E-state index in [1.54, 1.807) is 24.3 Å². The summed E-state index contributed by atoms with van der Waals surface area (Å²) < 4.78 is 45.5. The van der Waals surface area contributed by atoms with Crippen LogP contribution in [0.3, 0.4) is 0 Å². The molecule has 9 nitrogen and oxygen atoms in total. The van der Waals surface area contributed by atoms with Crippen LogP contribution in [0.2, 0.25) is 0 Å². The van der Waals surface area contributed by atoms with Crippen LogP contribution in [0.15, 0.2) is 48.9 Å². The zero-order chi connectivity index (χ0) is 26.3. The highest BCUT2D eigenvalue weighted by Gasteiger charge is 2.39. The van der Waals surface area contributed by atoms with E-state index in [2.05, 4.69) is 15.3 Å². The number of β-amino-alcohol motifs (C(OH)–C–C–N with tert-alkyl or cyclic N) is 1. The van der Waals surface area contributed by atoms with Crippen LogP contribution in [0, 0.1) is 0 Å². The molecule has 1 aromatic carbocycles. The minimum absolute atomic E-state index is 0.0633. The molecule has 1 fully saturated rings. The molecule has 2 N–H and O–H groups in total. The molecule has 0 unspecified atom stereocenters. The fourth-order valence-electron chi connectivity index (χ4n) is 4.37. The first-order valence-corrected chi connectivity index (χ1v) is 11.5. The highest BCUT2D eigenvalue weighted by molar-refractivity contribution is 6.06. The van der Waals surface area contributed by atoms with Crippen molar-refractivity contribution >= 4 is 29.1 Å². The van der Waals surface area contributed by atoms with Crippen molar-refractivity contribution in [3.63, 3.8) is 0 Å². The van der Waals surface area contributed by atoms with Gasteiger partial charge in [0, 0.05) is 30.1 Å². The minimum Gasteiger partial charge on any atom is -0.457 e.